The minimum atomic E-state index is -0.305. The van der Waals surface area contributed by atoms with Crippen molar-refractivity contribution >= 4 is 23.4 Å². The van der Waals surface area contributed by atoms with Gasteiger partial charge in [-0.05, 0) is 37.3 Å². The number of rotatable bonds is 4. The molecule has 5 heteroatoms. The molecule has 2 fully saturated rings. The smallest absolute Gasteiger partial charge is 0.243 e. The van der Waals surface area contributed by atoms with E-state index in [4.69, 9.17) is 11.6 Å². The third kappa shape index (κ3) is 3.38. The summed E-state index contributed by atoms with van der Waals surface area (Å²) in [6.45, 7) is 0.659. The monoisotopic (exact) mass is 306 g/mol. The highest BCUT2D eigenvalue weighted by Crippen LogP contribution is 2.24. The molecular formula is C16H19ClN2O2. The number of carbonyl (C=O) groups excluding carboxylic acids is 2. The summed E-state index contributed by atoms with van der Waals surface area (Å²) in [6.07, 6.45) is 4.02. The predicted molar refractivity (Wildman–Crippen MR) is 81.1 cm³/mol. The highest BCUT2D eigenvalue weighted by atomic mass is 35.5. The summed E-state index contributed by atoms with van der Waals surface area (Å²) >= 11 is 6.10. The van der Waals surface area contributed by atoms with Gasteiger partial charge >= 0.3 is 0 Å². The highest BCUT2D eigenvalue weighted by Gasteiger charge is 2.36. The van der Waals surface area contributed by atoms with Crippen LogP contribution in [-0.4, -0.2) is 35.3 Å². The summed E-state index contributed by atoms with van der Waals surface area (Å²) in [6, 6.07) is 7.38. The van der Waals surface area contributed by atoms with Crippen molar-refractivity contribution in [1.82, 2.24) is 10.2 Å². The van der Waals surface area contributed by atoms with E-state index in [1.807, 2.05) is 18.2 Å². The lowest BCUT2D eigenvalue weighted by molar-refractivity contribution is -0.138. The van der Waals surface area contributed by atoms with Crippen molar-refractivity contribution in [3.63, 3.8) is 0 Å². The highest BCUT2D eigenvalue weighted by molar-refractivity contribution is 6.31. The summed E-state index contributed by atoms with van der Waals surface area (Å²) in [5.74, 6) is -0.0148. The Labute approximate surface area is 129 Å². The predicted octanol–water partition coefficient (Wildman–Crippen LogP) is 2.15. The Morgan fingerprint density at radius 2 is 2.00 bits per heavy atom. The maximum absolute atomic E-state index is 12.5. The zero-order valence-electron chi connectivity index (χ0n) is 11.8. The molecule has 1 aliphatic heterocycles. The first-order valence-corrected chi connectivity index (χ1v) is 7.86. The Bertz CT molecular complexity index is 557. The van der Waals surface area contributed by atoms with Crippen molar-refractivity contribution in [2.45, 2.75) is 44.2 Å². The van der Waals surface area contributed by atoms with Gasteiger partial charge in [0.15, 0.2) is 0 Å². The molecule has 0 bridgehead atoms. The Morgan fingerprint density at radius 1 is 1.24 bits per heavy atom. The molecule has 1 N–H and O–H groups in total. The average Bonchev–Trinajstić information content (AvgIpc) is 3.14. The number of likely N-dealkylation sites (tertiary alicyclic amines) is 1. The second kappa shape index (κ2) is 6.06. The van der Waals surface area contributed by atoms with Crippen LogP contribution in [0.5, 0.6) is 0 Å². The van der Waals surface area contributed by atoms with Crippen LogP contribution in [0.2, 0.25) is 5.02 Å². The molecule has 4 nitrogen and oxygen atoms in total. The van der Waals surface area contributed by atoms with Gasteiger partial charge in [0.25, 0.3) is 0 Å². The van der Waals surface area contributed by atoms with Crippen molar-refractivity contribution < 1.29 is 9.59 Å². The molecule has 0 spiro atoms. The zero-order chi connectivity index (χ0) is 14.8. The maximum Gasteiger partial charge on any atom is 0.243 e. The van der Waals surface area contributed by atoms with Crippen LogP contribution in [0.3, 0.4) is 0 Å². The molecule has 2 aliphatic rings. The SMILES string of the molecule is O=C(NC1CC1)C1CCCN1C(=O)Cc1ccccc1Cl. The van der Waals surface area contributed by atoms with Crippen LogP contribution >= 0.6 is 11.6 Å². The lowest BCUT2D eigenvalue weighted by Gasteiger charge is -2.24. The molecule has 3 rings (SSSR count). The van der Waals surface area contributed by atoms with Crippen LogP contribution in [0, 0.1) is 0 Å². The summed E-state index contributed by atoms with van der Waals surface area (Å²) in [4.78, 5) is 26.4. The van der Waals surface area contributed by atoms with Gasteiger partial charge in [0.2, 0.25) is 11.8 Å². The molecule has 0 radical (unpaired) electrons. The molecule has 1 aromatic rings. The van der Waals surface area contributed by atoms with Gasteiger partial charge in [0, 0.05) is 17.6 Å². The molecule has 2 amide bonds. The number of carbonyl (C=O) groups is 2. The van der Waals surface area contributed by atoms with Crippen LogP contribution in [-0.2, 0) is 16.0 Å². The normalized spacial score (nSPS) is 21.4. The quantitative estimate of drug-likeness (QED) is 0.926. The largest absolute Gasteiger partial charge is 0.352 e. The Balaban J connectivity index is 1.65. The average molecular weight is 307 g/mol. The topological polar surface area (TPSA) is 49.4 Å². The molecule has 1 saturated carbocycles. The van der Waals surface area contributed by atoms with E-state index in [0.717, 1.165) is 31.2 Å². The molecule has 1 atom stereocenters. The van der Waals surface area contributed by atoms with E-state index in [-0.39, 0.29) is 24.3 Å². The van der Waals surface area contributed by atoms with Gasteiger partial charge in [0.1, 0.15) is 6.04 Å². The van der Waals surface area contributed by atoms with Crippen molar-refractivity contribution in [2.24, 2.45) is 0 Å². The number of benzene rings is 1. The molecule has 0 aromatic heterocycles. The van der Waals surface area contributed by atoms with Gasteiger partial charge in [-0.2, -0.15) is 0 Å². The van der Waals surface area contributed by atoms with Crippen LogP contribution in [0.25, 0.3) is 0 Å². The van der Waals surface area contributed by atoms with Crippen LogP contribution in [0.1, 0.15) is 31.2 Å². The molecule has 21 heavy (non-hydrogen) atoms. The van der Waals surface area contributed by atoms with Crippen molar-refractivity contribution in [3.8, 4) is 0 Å². The molecule has 1 unspecified atom stereocenters. The minimum Gasteiger partial charge on any atom is -0.352 e. The van der Waals surface area contributed by atoms with Gasteiger partial charge in [-0.1, -0.05) is 29.8 Å². The van der Waals surface area contributed by atoms with E-state index in [2.05, 4.69) is 5.32 Å². The number of halogens is 1. The van der Waals surface area contributed by atoms with E-state index in [1.165, 1.54) is 0 Å². The third-order valence-electron chi connectivity index (χ3n) is 4.10. The first kappa shape index (κ1) is 14.4. The Morgan fingerprint density at radius 3 is 2.71 bits per heavy atom. The van der Waals surface area contributed by atoms with E-state index >= 15 is 0 Å². The fourth-order valence-electron chi connectivity index (χ4n) is 2.77. The summed E-state index contributed by atoms with van der Waals surface area (Å²) in [5.41, 5.74) is 0.817. The standard InChI is InChI=1S/C16H19ClN2O2/c17-13-5-2-1-4-11(13)10-15(20)19-9-3-6-14(19)16(21)18-12-7-8-12/h1-2,4-5,12,14H,3,6-10H2,(H,18,21). The number of nitrogens with one attached hydrogen (secondary N) is 1. The van der Waals surface area contributed by atoms with Gasteiger partial charge < -0.3 is 10.2 Å². The molecule has 112 valence electrons. The summed E-state index contributed by atoms with van der Waals surface area (Å²) < 4.78 is 0. The van der Waals surface area contributed by atoms with E-state index < -0.39 is 0 Å². The van der Waals surface area contributed by atoms with Gasteiger partial charge in [-0.3, -0.25) is 9.59 Å². The third-order valence-corrected chi connectivity index (χ3v) is 4.47. The number of nitrogens with zero attached hydrogens (tertiary/aromatic N) is 1. The van der Waals surface area contributed by atoms with E-state index in [0.29, 0.717) is 17.6 Å². The van der Waals surface area contributed by atoms with Gasteiger partial charge in [-0.25, -0.2) is 0 Å². The van der Waals surface area contributed by atoms with E-state index in [9.17, 15) is 9.59 Å². The Kier molecular flexibility index (Phi) is 4.15. The Hall–Kier alpha value is -1.55. The van der Waals surface area contributed by atoms with Crippen molar-refractivity contribution in [3.05, 3.63) is 34.9 Å². The van der Waals surface area contributed by atoms with E-state index in [1.54, 1.807) is 11.0 Å². The maximum atomic E-state index is 12.5. The fraction of sp³-hybridized carbons (Fsp3) is 0.500. The van der Waals surface area contributed by atoms with Crippen molar-refractivity contribution in [1.29, 1.82) is 0 Å². The lowest BCUT2D eigenvalue weighted by Crippen LogP contribution is -2.47. The molecule has 1 aromatic carbocycles. The minimum absolute atomic E-state index is 0.00232. The van der Waals surface area contributed by atoms with Crippen LogP contribution in [0.4, 0.5) is 0 Å². The van der Waals surface area contributed by atoms with Crippen LogP contribution < -0.4 is 5.32 Å². The molecule has 1 aliphatic carbocycles. The van der Waals surface area contributed by atoms with Gasteiger partial charge in [0.05, 0.1) is 6.42 Å². The zero-order valence-corrected chi connectivity index (χ0v) is 12.6. The van der Waals surface area contributed by atoms with Crippen LogP contribution in [0.15, 0.2) is 24.3 Å². The molecule has 1 saturated heterocycles. The fourth-order valence-corrected chi connectivity index (χ4v) is 2.97. The van der Waals surface area contributed by atoms with Crippen molar-refractivity contribution in [2.75, 3.05) is 6.54 Å². The number of hydrogen-bond donors (Lipinski definition) is 1. The first-order valence-electron chi connectivity index (χ1n) is 7.48. The summed E-state index contributed by atoms with van der Waals surface area (Å²) in [7, 11) is 0. The number of amides is 2. The summed E-state index contributed by atoms with van der Waals surface area (Å²) in [5, 5.41) is 3.60. The molecule has 1 heterocycles. The molecular weight excluding hydrogens is 288 g/mol. The number of hydrogen-bond acceptors (Lipinski definition) is 2. The van der Waals surface area contributed by atoms with Gasteiger partial charge in [-0.15, -0.1) is 0 Å². The lowest BCUT2D eigenvalue weighted by atomic mass is 10.1. The second-order valence-corrected chi connectivity index (χ2v) is 6.20. The second-order valence-electron chi connectivity index (χ2n) is 5.80. The first-order chi connectivity index (χ1) is 10.1.